The van der Waals surface area contributed by atoms with Crippen LogP contribution < -0.4 is 10.0 Å². The minimum atomic E-state index is -3.51. The summed E-state index contributed by atoms with van der Waals surface area (Å²) in [5.74, 6) is 1.33. The van der Waals surface area contributed by atoms with Crippen LogP contribution in [-0.2, 0) is 14.8 Å². The average Bonchev–Trinajstić information content (AvgIpc) is 3.37. The fraction of sp³-hybridized carbons (Fsp3) is 0.458. The molecule has 2 aliphatic heterocycles. The van der Waals surface area contributed by atoms with Crippen LogP contribution in [-0.4, -0.2) is 56.6 Å². The van der Waals surface area contributed by atoms with E-state index >= 15 is 0 Å². The van der Waals surface area contributed by atoms with E-state index in [1.807, 2.05) is 4.90 Å². The summed E-state index contributed by atoms with van der Waals surface area (Å²) in [7, 11) is -3.51. The van der Waals surface area contributed by atoms with E-state index in [1.165, 1.54) is 0 Å². The number of unbranched alkanes of at least 4 members (excludes halogenated alkanes) is 2. The molecule has 0 saturated carbocycles. The zero-order chi connectivity index (χ0) is 24.1. The van der Waals surface area contributed by atoms with Gasteiger partial charge in [-0.15, -0.1) is 0 Å². The van der Waals surface area contributed by atoms with Crippen LogP contribution in [0.3, 0.4) is 0 Å². The predicted octanol–water partition coefficient (Wildman–Crippen LogP) is 2.61. The summed E-state index contributed by atoms with van der Waals surface area (Å²) in [5.41, 5.74) is 0.608. The molecule has 1 fully saturated rings. The standard InChI is InChI=1S/C24H30N4O5S/c1-17-10-11-20(33-17)24(30)26-18-12-15-28(16-13-18)22(29)9-3-2-6-14-25-23-19-7-4-5-8-21(19)34(31,32)27-23/h4-5,7-8,10-11,18H,2-3,6,9,12-16H2,1H3,(H,25,27)(H,26,30). The first-order valence-corrected chi connectivity index (χ1v) is 13.1. The second-order valence-electron chi connectivity index (χ2n) is 8.68. The Labute approximate surface area is 199 Å². The van der Waals surface area contributed by atoms with Crippen molar-refractivity contribution in [2.75, 3.05) is 19.6 Å². The van der Waals surface area contributed by atoms with E-state index in [-0.39, 0.29) is 22.8 Å². The number of hydrogen-bond acceptors (Lipinski definition) is 6. The van der Waals surface area contributed by atoms with Crippen molar-refractivity contribution in [3.63, 3.8) is 0 Å². The second kappa shape index (κ2) is 10.4. The molecule has 2 aliphatic rings. The summed E-state index contributed by atoms with van der Waals surface area (Å²) in [6.07, 6.45) is 4.32. The largest absolute Gasteiger partial charge is 0.456 e. The monoisotopic (exact) mass is 486 g/mol. The normalized spacial score (nSPS) is 18.5. The summed E-state index contributed by atoms with van der Waals surface area (Å²) in [6.45, 7) is 3.57. The lowest BCUT2D eigenvalue weighted by Gasteiger charge is -2.32. The quantitative estimate of drug-likeness (QED) is 0.556. The number of rotatable bonds is 8. The molecule has 1 aromatic carbocycles. The molecular weight excluding hydrogens is 456 g/mol. The van der Waals surface area contributed by atoms with E-state index < -0.39 is 10.0 Å². The fourth-order valence-corrected chi connectivity index (χ4v) is 5.50. The van der Waals surface area contributed by atoms with E-state index in [0.717, 1.165) is 32.1 Å². The molecule has 1 aromatic heterocycles. The molecule has 34 heavy (non-hydrogen) atoms. The lowest BCUT2D eigenvalue weighted by atomic mass is 10.0. The number of carbonyl (C=O) groups excluding carboxylic acids is 2. The predicted molar refractivity (Wildman–Crippen MR) is 127 cm³/mol. The third-order valence-corrected chi connectivity index (χ3v) is 7.53. The number of nitrogens with zero attached hydrogens (tertiary/aromatic N) is 2. The van der Waals surface area contributed by atoms with Gasteiger partial charge in [0, 0.05) is 37.7 Å². The molecule has 0 radical (unpaired) electrons. The van der Waals surface area contributed by atoms with Crippen molar-refractivity contribution in [3.05, 3.63) is 53.5 Å². The lowest BCUT2D eigenvalue weighted by Crippen LogP contribution is -2.46. The molecule has 0 bridgehead atoms. The van der Waals surface area contributed by atoms with Crippen LogP contribution in [0, 0.1) is 6.92 Å². The maximum absolute atomic E-state index is 12.5. The van der Waals surface area contributed by atoms with Gasteiger partial charge >= 0.3 is 0 Å². The number of aryl methyl sites for hydroxylation is 1. The smallest absolute Gasteiger partial charge is 0.287 e. The molecule has 2 amide bonds. The van der Waals surface area contributed by atoms with Gasteiger partial charge in [0.1, 0.15) is 11.6 Å². The third-order valence-electron chi connectivity index (χ3n) is 6.13. The number of hydrogen-bond donors (Lipinski definition) is 2. The first-order chi connectivity index (χ1) is 16.3. The lowest BCUT2D eigenvalue weighted by molar-refractivity contribution is -0.132. The van der Waals surface area contributed by atoms with E-state index in [9.17, 15) is 18.0 Å². The highest BCUT2D eigenvalue weighted by Crippen LogP contribution is 2.22. The maximum Gasteiger partial charge on any atom is 0.287 e. The van der Waals surface area contributed by atoms with Crippen molar-refractivity contribution >= 4 is 27.7 Å². The Morgan fingerprint density at radius 2 is 1.88 bits per heavy atom. The number of nitrogens with one attached hydrogen (secondary N) is 2. The van der Waals surface area contributed by atoms with Gasteiger partial charge in [0.2, 0.25) is 5.91 Å². The molecule has 2 aromatic rings. The van der Waals surface area contributed by atoms with Crippen molar-refractivity contribution in [1.29, 1.82) is 0 Å². The molecule has 0 spiro atoms. The molecule has 0 aliphatic carbocycles. The molecule has 2 N–H and O–H groups in total. The molecule has 0 atom stereocenters. The van der Waals surface area contributed by atoms with Crippen LogP contribution in [0.5, 0.6) is 0 Å². The number of furan rings is 1. The maximum atomic E-state index is 12.5. The SMILES string of the molecule is Cc1ccc(C(=O)NC2CCN(C(=O)CCCCCN=C3NS(=O)(=O)c4ccccc43)CC2)o1. The number of fused-ring (bicyclic) bond motifs is 1. The highest BCUT2D eigenvalue weighted by atomic mass is 32.2. The van der Waals surface area contributed by atoms with Crippen molar-refractivity contribution in [2.45, 2.75) is 56.4 Å². The topological polar surface area (TPSA) is 121 Å². The zero-order valence-corrected chi connectivity index (χ0v) is 20.1. The number of amides is 2. The van der Waals surface area contributed by atoms with Crippen LogP contribution >= 0.6 is 0 Å². The molecule has 9 nitrogen and oxygen atoms in total. The molecule has 1 saturated heterocycles. The highest BCUT2D eigenvalue weighted by molar-refractivity contribution is 7.90. The fourth-order valence-electron chi connectivity index (χ4n) is 4.25. The summed E-state index contributed by atoms with van der Waals surface area (Å²) in [4.78, 5) is 31.3. The van der Waals surface area contributed by atoms with Crippen LogP contribution in [0.25, 0.3) is 0 Å². The number of benzene rings is 1. The van der Waals surface area contributed by atoms with E-state index in [2.05, 4.69) is 15.0 Å². The molecular formula is C24H30N4O5S. The van der Waals surface area contributed by atoms with Gasteiger partial charge in [-0.2, -0.15) is 0 Å². The molecule has 182 valence electrons. The van der Waals surface area contributed by atoms with Gasteiger partial charge in [0.25, 0.3) is 15.9 Å². The first-order valence-electron chi connectivity index (χ1n) is 11.7. The Hall–Kier alpha value is -3.14. The Bertz CT molecular complexity index is 1180. The summed E-state index contributed by atoms with van der Waals surface area (Å²) in [6, 6.07) is 10.3. The molecule has 3 heterocycles. The number of carbonyl (C=O) groups is 2. The van der Waals surface area contributed by atoms with Gasteiger partial charge in [-0.05, 0) is 56.9 Å². The van der Waals surface area contributed by atoms with E-state index in [1.54, 1.807) is 43.3 Å². The summed E-state index contributed by atoms with van der Waals surface area (Å²) < 4.78 is 32.1. The Morgan fingerprint density at radius 3 is 2.62 bits per heavy atom. The third kappa shape index (κ3) is 5.67. The van der Waals surface area contributed by atoms with Gasteiger partial charge < -0.3 is 14.6 Å². The van der Waals surface area contributed by atoms with E-state index in [0.29, 0.717) is 49.0 Å². The summed E-state index contributed by atoms with van der Waals surface area (Å²) in [5, 5.41) is 2.98. The van der Waals surface area contributed by atoms with Gasteiger partial charge in [-0.3, -0.25) is 19.3 Å². The highest BCUT2D eigenvalue weighted by Gasteiger charge is 2.30. The van der Waals surface area contributed by atoms with Gasteiger partial charge in [0.05, 0.1) is 4.90 Å². The number of aliphatic imine (C=N–C) groups is 1. The Kier molecular flexibility index (Phi) is 7.35. The number of likely N-dealkylation sites (tertiary alicyclic amines) is 1. The van der Waals surface area contributed by atoms with Gasteiger partial charge in [-0.25, -0.2) is 8.42 Å². The van der Waals surface area contributed by atoms with Gasteiger partial charge in [-0.1, -0.05) is 18.6 Å². The van der Waals surface area contributed by atoms with E-state index in [4.69, 9.17) is 4.42 Å². The average molecular weight is 487 g/mol. The number of amidine groups is 1. The van der Waals surface area contributed by atoms with Crippen molar-refractivity contribution < 1.29 is 22.4 Å². The Morgan fingerprint density at radius 1 is 1.12 bits per heavy atom. The molecule has 0 unspecified atom stereocenters. The van der Waals surface area contributed by atoms with Crippen molar-refractivity contribution in [2.24, 2.45) is 4.99 Å². The van der Waals surface area contributed by atoms with Gasteiger partial charge in [0.15, 0.2) is 5.76 Å². The zero-order valence-electron chi connectivity index (χ0n) is 19.2. The summed E-state index contributed by atoms with van der Waals surface area (Å²) >= 11 is 0. The van der Waals surface area contributed by atoms with Crippen molar-refractivity contribution in [3.8, 4) is 0 Å². The van der Waals surface area contributed by atoms with Crippen LogP contribution in [0.4, 0.5) is 0 Å². The molecule has 10 heteroatoms. The number of sulfonamides is 1. The second-order valence-corrected chi connectivity index (χ2v) is 10.3. The van der Waals surface area contributed by atoms with Crippen LogP contribution in [0.15, 0.2) is 50.7 Å². The number of piperidine rings is 1. The minimum absolute atomic E-state index is 0.0409. The van der Waals surface area contributed by atoms with Crippen molar-refractivity contribution in [1.82, 2.24) is 14.9 Å². The first kappa shape index (κ1) is 24.0. The molecule has 4 rings (SSSR count). The van der Waals surface area contributed by atoms with Crippen LogP contribution in [0.1, 0.15) is 60.4 Å². The van der Waals surface area contributed by atoms with Crippen LogP contribution in [0.2, 0.25) is 0 Å². The Balaban J connectivity index is 1.13. The minimum Gasteiger partial charge on any atom is -0.456 e.